The molecule has 0 radical (unpaired) electrons. The molecule has 1 saturated heterocycles. The minimum Gasteiger partial charge on any atom is -0.378 e. The van der Waals surface area contributed by atoms with Crippen molar-refractivity contribution >= 4 is 0 Å². The summed E-state index contributed by atoms with van der Waals surface area (Å²) in [4.78, 5) is 0. The lowest BCUT2D eigenvalue weighted by atomic mass is 9.98. The Bertz CT molecular complexity index is 338. The maximum Gasteiger partial charge on any atom is 0.0613 e. The van der Waals surface area contributed by atoms with Crippen molar-refractivity contribution in [1.82, 2.24) is 5.32 Å². The van der Waals surface area contributed by atoms with Gasteiger partial charge in [0.1, 0.15) is 0 Å². The molecule has 1 aromatic rings. The molecule has 1 aromatic carbocycles. The summed E-state index contributed by atoms with van der Waals surface area (Å²) in [6.45, 7) is 7.59. The zero-order valence-electron chi connectivity index (χ0n) is 11.6. The van der Waals surface area contributed by atoms with Gasteiger partial charge in [0.2, 0.25) is 0 Å². The minimum atomic E-state index is 0.476. The molecule has 1 fully saturated rings. The van der Waals surface area contributed by atoms with Gasteiger partial charge < -0.3 is 10.1 Å². The predicted molar refractivity (Wildman–Crippen MR) is 75.9 cm³/mol. The molecule has 1 aliphatic rings. The molecule has 100 valence electrons. The second-order valence-corrected chi connectivity index (χ2v) is 5.34. The third-order valence-corrected chi connectivity index (χ3v) is 3.97. The summed E-state index contributed by atoms with van der Waals surface area (Å²) in [7, 11) is 0. The molecular formula is C16H25NO. The molecule has 0 spiro atoms. The smallest absolute Gasteiger partial charge is 0.0613 e. The van der Waals surface area contributed by atoms with Crippen LogP contribution in [0, 0.1) is 5.92 Å². The monoisotopic (exact) mass is 247 g/mol. The van der Waals surface area contributed by atoms with E-state index in [2.05, 4.69) is 49.5 Å². The van der Waals surface area contributed by atoms with Gasteiger partial charge in [0.15, 0.2) is 0 Å². The summed E-state index contributed by atoms with van der Waals surface area (Å²) in [6, 6.07) is 10.7. The third kappa shape index (κ3) is 3.56. The van der Waals surface area contributed by atoms with E-state index in [0.29, 0.717) is 17.9 Å². The van der Waals surface area contributed by atoms with Gasteiger partial charge in [-0.05, 0) is 30.2 Å². The summed E-state index contributed by atoms with van der Waals surface area (Å²) in [5.41, 5.74) is 1.42. The van der Waals surface area contributed by atoms with E-state index in [4.69, 9.17) is 4.74 Å². The number of hydrogen-bond donors (Lipinski definition) is 1. The number of ether oxygens (including phenoxy) is 1. The fraction of sp³-hybridized carbons (Fsp3) is 0.625. The summed E-state index contributed by atoms with van der Waals surface area (Å²) < 4.78 is 5.72. The number of hydrogen-bond acceptors (Lipinski definition) is 2. The van der Waals surface area contributed by atoms with Crippen LogP contribution in [0.15, 0.2) is 30.3 Å². The Balaban J connectivity index is 1.72. The Morgan fingerprint density at radius 2 is 2.11 bits per heavy atom. The van der Waals surface area contributed by atoms with Crippen molar-refractivity contribution in [3.63, 3.8) is 0 Å². The van der Waals surface area contributed by atoms with Crippen LogP contribution >= 0.6 is 0 Å². The molecule has 0 saturated carbocycles. The largest absolute Gasteiger partial charge is 0.378 e. The van der Waals surface area contributed by atoms with E-state index in [0.717, 1.165) is 26.1 Å². The summed E-state index contributed by atoms with van der Waals surface area (Å²) in [5.74, 6) is 1.28. The van der Waals surface area contributed by atoms with Gasteiger partial charge in [0, 0.05) is 19.7 Å². The van der Waals surface area contributed by atoms with E-state index < -0.39 is 0 Å². The maximum absolute atomic E-state index is 5.72. The van der Waals surface area contributed by atoms with E-state index >= 15 is 0 Å². The highest BCUT2D eigenvalue weighted by Crippen LogP contribution is 2.22. The summed E-state index contributed by atoms with van der Waals surface area (Å²) >= 11 is 0. The van der Waals surface area contributed by atoms with Crippen molar-refractivity contribution in [2.45, 2.75) is 38.7 Å². The predicted octanol–water partition coefficient (Wildman–Crippen LogP) is 3.19. The lowest BCUT2D eigenvalue weighted by Crippen LogP contribution is -2.30. The Labute approximate surface area is 111 Å². The first-order valence-corrected chi connectivity index (χ1v) is 7.18. The molecule has 1 heterocycles. The van der Waals surface area contributed by atoms with Crippen LogP contribution in [0.4, 0.5) is 0 Å². The van der Waals surface area contributed by atoms with Crippen LogP contribution in [0.1, 0.15) is 38.2 Å². The van der Waals surface area contributed by atoms with Gasteiger partial charge in [0.25, 0.3) is 0 Å². The maximum atomic E-state index is 5.72. The van der Waals surface area contributed by atoms with Crippen LogP contribution in [0.3, 0.4) is 0 Å². The lowest BCUT2D eigenvalue weighted by molar-refractivity contribution is 0.0872. The zero-order valence-corrected chi connectivity index (χ0v) is 11.6. The highest BCUT2D eigenvalue weighted by Gasteiger charge is 2.26. The molecule has 0 amide bonds. The Kier molecular flexibility index (Phi) is 5.21. The van der Waals surface area contributed by atoms with Crippen molar-refractivity contribution in [3.05, 3.63) is 35.9 Å². The second kappa shape index (κ2) is 6.91. The molecule has 2 rings (SSSR count). The molecule has 1 aliphatic heterocycles. The lowest BCUT2D eigenvalue weighted by Gasteiger charge is -2.19. The van der Waals surface area contributed by atoms with Gasteiger partial charge in [0.05, 0.1) is 6.10 Å². The fourth-order valence-electron chi connectivity index (χ4n) is 2.76. The van der Waals surface area contributed by atoms with Gasteiger partial charge in [-0.2, -0.15) is 0 Å². The molecular weight excluding hydrogens is 222 g/mol. The molecule has 0 aliphatic carbocycles. The topological polar surface area (TPSA) is 21.3 Å². The minimum absolute atomic E-state index is 0.476. The first-order chi connectivity index (χ1) is 8.81. The van der Waals surface area contributed by atoms with Gasteiger partial charge in [-0.1, -0.05) is 44.2 Å². The summed E-state index contributed by atoms with van der Waals surface area (Å²) in [5, 5.41) is 3.61. The Hall–Kier alpha value is -0.860. The van der Waals surface area contributed by atoms with Crippen LogP contribution < -0.4 is 5.32 Å². The zero-order chi connectivity index (χ0) is 12.8. The molecule has 0 aromatic heterocycles. The Morgan fingerprint density at radius 1 is 1.33 bits per heavy atom. The highest BCUT2D eigenvalue weighted by atomic mass is 16.5. The van der Waals surface area contributed by atoms with E-state index in [1.165, 1.54) is 12.0 Å². The second-order valence-electron chi connectivity index (χ2n) is 5.34. The third-order valence-electron chi connectivity index (χ3n) is 3.97. The number of rotatable bonds is 6. The van der Waals surface area contributed by atoms with E-state index in [9.17, 15) is 0 Å². The van der Waals surface area contributed by atoms with E-state index in [1.807, 2.05) is 0 Å². The van der Waals surface area contributed by atoms with Crippen LogP contribution in [-0.2, 0) is 4.74 Å². The quantitative estimate of drug-likeness (QED) is 0.833. The fourth-order valence-corrected chi connectivity index (χ4v) is 2.76. The standard InChI is InChI=1S/C16H25NO/c1-3-16-15(9-10-18-16)12-17-11-13(2)14-7-5-4-6-8-14/h4-8,13,15-17H,3,9-12H2,1-2H3. The van der Waals surface area contributed by atoms with Crippen LogP contribution in [0.5, 0.6) is 0 Å². The van der Waals surface area contributed by atoms with Crippen LogP contribution in [0.25, 0.3) is 0 Å². The van der Waals surface area contributed by atoms with Gasteiger partial charge in [-0.25, -0.2) is 0 Å². The van der Waals surface area contributed by atoms with Crippen molar-refractivity contribution in [2.24, 2.45) is 5.92 Å². The number of nitrogens with one attached hydrogen (secondary N) is 1. The number of benzene rings is 1. The van der Waals surface area contributed by atoms with Crippen molar-refractivity contribution in [3.8, 4) is 0 Å². The molecule has 18 heavy (non-hydrogen) atoms. The van der Waals surface area contributed by atoms with Crippen LogP contribution in [-0.4, -0.2) is 25.8 Å². The molecule has 2 heteroatoms. The molecule has 1 N–H and O–H groups in total. The van der Waals surface area contributed by atoms with Crippen molar-refractivity contribution in [1.29, 1.82) is 0 Å². The van der Waals surface area contributed by atoms with Gasteiger partial charge >= 0.3 is 0 Å². The highest BCUT2D eigenvalue weighted by molar-refractivity contribution is 5.18. The Morgan fingerprint density at radius 3 is 2.83 bits per heavy atom. The SMILES string of the molecule is CCC1OCCC1CNCC(C)c1ccccc1. The normalized spacial score (nSPS) is 25.2. The molecule has 0 bridgehead atoms. The molecule has 3 unspecified atom stereocenters. The molecule has 3 atom stereocenters. The van der Waals surface area contributed by atoms with Gasteiger partial charge in [-0.15, -0.1) is 0 Å². The van der Waals surface area contributed by atoms with Gasteiger partial charge in [-0.3, -0.25) is 0 Å². The first kappa shape index (κ1) is 13.6. The average molecular weight is 247 g/mol. The van der Waals surface area contributed by atoms with E-state index in [-0.39, 0.29) is 0 Å². The summed E-state index contributed by atoms with van der Waals surface area (Å²) in [6.07, 6.45) is 2.83. The van der Waals surface area contributed by atoms with Crippen molar-refractivity contribution in [2.75, 3.05) is 19.7 Å². The van der Waals surface area contributed by atoms with Crippen LogP contribution in [0.2, 0.25) is 0 Å². The van der Waals surface area contributed by atoms with E-state index in [1.54, 1.807) is 0 Å². The van der Waals surface area contributed by atoms with Crippen molar-refractivity contribution < 1.29 is 4.74 Å². The molecule has 2 nitrogen and oxygen atoms in total. The average Bonchev–Trinajstić information content (AvgIpc) is 2.87. The first-order valence-electron chi connectivity index (χ1n) is 7.18.